The average Bonchev–Trinajstić information content (AvgIpc) is 3.28. The van der Waals surface area contributed by atoms with Gasteiger partial charge in [-0.25, -0.2) is 0 Å². The zero-order chi connectivity index (χ0) is 17.2. The molecule has 1 unspecified atom stereocenters. The molecule has 1 saturated heterocycles. The van der Waals surface area contributed by atoms with Gasteiger partial charge < -0.3 is 19.3 Å². The van der Waals surface area contributed by atoms with E-state index in [4.69, 9.17) is 14.0 Å². The second-order valence-electron chi connectivity index (χ2n) is 6.99. The van der Waals surface area contributed by atoms with E-state index < -0.39 is 0 Å². The Morgan fingerprint density at radius 1 is 1.24 bits per heavy atom. The van der Waals surface area contributed by atoms with Gasteiger partial charge in [0.2, 0.25) is 0 Å². The normalized spacial score (nSPS) is 25.8. The summed E-state index contributed by atoms with van der Waals surface area (Å²) in [5.41, 5.74) is 2.84. The molecule has 6 nitrogen and oxygen atoms in total. The van der Waals surface area contributed by atoms with Crippen LogP contribution in [0.2, 0.25) is 0 Å². The predicted molar refractivity (Wildman–Crippen MR) is 92.7 cm³/mol. The Morgan fingerprint density at radius 3 is 2.96 bits per heavy atom. The van der Waals surface area contributed by atoms with Crippen LogP contribution in [-0.2, 0) is 17.6 Å². The van der Waals surface area contributed by atoms with E-state index in [2.05, 4.69) is 33.7 Å². The number of hydrogen-bond donors (Lipinski definition) is 1. The van der Waals surface area contributed by atoms with E-state index in [0.717, 1.165) is 38.0 Å². The Kier molecular flexibility index (Phi) is 4.72. The van der Waals surface area contributed by atoms with E-state index >= 15 is 0 Å². The summed E-state index contributed by atoms with van der Waals surface area (Å²) in [6, 6.07) is 6.91. The van der Waals surface area contributed by atoms with E-state index in [9.17, 15) is 0 Å². The number of ether oxygens (including phenoxy) is 2. The number of benzene rings is 1. The highest BCUT2D eigenvalue weighted by Gasteiger charge is 2.31. The minimum Gasteiger partial charge on any atom is -0.497 e. The molecule has 25 heavy (non-hydrogen) atoms. The first-order valence-electron chi connectivity index (χ1n) is 9.06. The van der Waals surface area contributed by atoms with Crippen LogP contribution in [0.25, 0.3) is 0 Å². The van der Waals surface area contributed by atoms with Crippen LogP contribution >= 0.6 is 0 Å². The Bertz CT molecular complexity index is 730. The van der Waals surface area contributed by atoms with Crippen molar-refractivity contribution in [3.8, 4) is 5.75 Å². The van der Waals surface area contributed by atoms with Crippen molar-refractivity contribution in [2.75, 3.05) is 13.7 Å². The number of nitrogens with one attached hydrogen (secondary N) is 1. The highest BCUT2D eigenvalue weighted by Crippen LogP contribution is 2.32. The molecule has 1 aliphatic carbocycles. The molecule has 2 heterocycles. The summed E-state index contributed by atoms with van der Waals surface area (Å²) in [4.78, 5) is 4.28. The SMILES string of the molecule is COc1ccc2c(c1)CC(NC[C@H]1CC[C@@H](c3nc(C)no3)O1)CC2. The molecule has 2 aromatic rings. The molecule has 1 aromatic heterocycles. The minimum absolute atomic E-state index is 0.0515. The number of hydrogen-bond acceptors (Lipinski definition) is 6. The molecule has 3 atom stereocenters. The van der Waals surface area contributed by atoms with Crippen molar-refractivity contribution >= 4 is 0 Å². The van der Waals surface area contributed by atoms with Gasteiger partial charge >= 0.3 is 0 Å². The van der Waals surface area contributed by atoms with Gasteiger partial charge in [-0.05, 0) is 62.3 Å². The lowest BCUT2D eigenvalue weighted by atomic mass is 9.88. The fraction of sp³-hybridized carbons (Fsp3) is 0.579. The number of aromatic nitrogens is 2. The first-order valence-corrected chi connectivity index (χ1v) is 9.06. The Hall–Kier alpha value is -1.92. The summed E-state index contributed by atoms with van der Waals surface area (Å²) < 4.78 is 16.7. The molecule has 134 valence electrons. The Morgan fingerprint density at radius 2 is 2.16 bits per heavy atom. The Labute approximate surface area is 147 Å². The summed E-state index contributed by atoms with van der Waals surface area (Å²) in [7, 11) is 1.72. The third-order valence-corrected chi connectivity index (χ3v) is 5.20. The van der Waals surface area contributed by atoms with Crippen LogP contribution in [0.3, 0.4) is 0 Å². The van der Waals surface area contributed by atoms with Gasteiger partial charge in [0.1, 0.15) is 11.9 Å². The standard InChI is InChI=1S/C19H25N3O3/c1-12-21-19(25-22-12)18-8-7-17(24-18)11-20-15-5-3-13-4-6-16(23-2)10-14(13)9-15/h4,6,10,15,17-18,20H,3,5,7-9,11H2,1-2H3/t15?,17-,18+/m1/s1. The van der Waals surface area contributed by atoms with Gasteiger partial charge in [-0.2, -0.15) is 4.98 Å². The molecular formula is C19H25N3O3. The number of methoxy groups -OCH3 is 1. The molecule has 0 radical (unpaired) electrons. The number of nitrogens with zero attached hydrogens (tertiary/aromatic N) is 2. The summed E-state index contributed by atoms with van der Waals surface area (Å²) in [6.45, 7) is 2.70. The lowest BCUT2D eigenvalue weighted by Crippen LogP contribution is -2.39. The molecule has 0 saturated carbocycles. The summed E-state index contributed by atoms with van der Waals surface area (Å²) in [6.07, 6.45) is 5.46. The maximum Gasteiger partial charge on any atom is 0.255 e. The number of aryl methyl sites for hydroxylation is 2. The molecule has 0 spiro atoms. The molecule has 1 N–H and O–H groups in total. The summed E-state index contributed by atoms with van der Waals surface area (Å²) in [5, 5.41) is 7.54. The first-order chi connectivity index (χ1) is 12.2. The first kappa shape index (κ1) is 16.5. The average molecular weight is 343 g/mol. The molecule has 0 amide bonds. The molecule has 0 bridgehead atoms. The van der Waals surface area contributed by atoms with Gasteiger partial charge in [0.25, 0.3) is 5.89 Å². The summed E-state index contributed by atoms with van der Waals surface area (Å²) >= 11 is 0. The summed E-state index contributed by atoms with van der Waals surface area (Å²) in [5.74, 6) is 2.21. The van der Waals surface area contributed by atoms with Crippen molar-refractivity contribution in [2.24, 2.45) is 0 Å². The van der Waals surface area contributed by atoms with Crippen LogP contribution < -0.4 is 10.1 Å². The van der Waals surface area contributed by atoms with Gasteiger partial charge in [0.05, 0.1) is 13.2 Å². The maximum absolute atomic E-state index is 6.08. The van der Waals surface area contributed by atoms with E-state index in [0.29, 0.717) is 17.8 Å². The molecule has 6 heteroatoms. The van der Waals surface area contributed by atoms with Gasteiger partial charge in [-0.15, -0.1) is 0 Å². The molecule has 1 fully saturated rings. The lowest BCUT2D eigenvalue weighted by molar-refractivity contribution is 0.0250. The molecule has 2 aliphatic rings. The molecular weight excluding hydrogens is 318 g/mol. The van der Waals surface area contributed by atoms with Crippen molar-refractivity contribution in [1.29, 1.82) is 0 Å². The predicted octanol–water partition coefficient (Wildman–Crippen LogP) is 2.75. The van der Waals surface area contributed by atoms with E-state index in [-0.39, 0.29) is 12.2 Å². The van der Waals surface area contributed by atoms with Gasteiger partial charge in [0, 0.05) is 12.6 Å². The number of fused-ring (bicyclic) bond motifs is 1. The van der Waals surface area contributed by atoms with Crippen LogP contribution in [0.15, 0.2) is 22.7 Å². The molecule has 4 rings (SSSR count). The van der Waals surface area contributed by atoms with Crippen LogP contribution in [0.1, 0.15) is 48.2 Å². The van der Waals surface area contributed by atoms with Gasteiger partial charge in [0.15, 0.2) is 5.82 Å². The minimum atomic E-state index is -0.0515. The van der Waals surface area contributed by atoms with Gasteiger partial charge in [-0.1, -0.05) is 11.2 Å². The second-order valence-corrected chi connectivity index (χ2v) is 6.99. The molecule has 1 aliphatic heterocycles. The van der Waals surface area contributed by atoms with Crippen LogP contribution in [0.5, 0.6) is 5.75 Å². The highest BCUT2D eigenvalue weighted by molar-refractivity contribution is 5.37. The van der Waals surface area contributed by atoms with Crippen LogP contribution in [0.4, 0.5) is 0 Å². The second kappa shape index (κ2) is 7.14. The quantitative estimate of drug-likeness (QED) is 0.900. The van der Waals surface area contributed by atoms with Crippen molar-refractivity contribution < 1.29 is 14.0 Å². The largest absolute Gasteiger partial charge is 0.497 e. The lowest BCUT2D eigenvalue weighted by Gasteiger charge is -2.27. The third-order valence-electron chi connectivity index (χ3n) is 5.20. The van der Waals surface area contributed by atoms with Crippen molar-refractivity contribution in [3.63, 3.8) is 0 Å². The maximum atomic E-state index is 6.08. The van der Waals surface area contributed by atoms with Crippen LogP contribution in [0, 0.1) is 6.92 Å². The smallest absolute Gasteiger partial charge is 0.255 e. The fourth-order valence-electron chi connectivity index (χ4n) is 3.81. The topological polar surface area (TPSA) is 69.4 Å². The van der Waals surface area contributed by atoms with E-state index in [1.807, 2.05) is 6.92 Å². The fourth-order valence-corrected chi connectivity index (χ4v) is 3.81. The van der Waals surface area contributed by atoms with E-state index in [1.54, 1.807) is 7.11 Å². The molecule has 1 aromatic carbocycles. The zero-order valence-corrected chi connectivity index (χ0v) is 14.8. The van der Waals surface area contributed by atoms with E-state index in [1.165, 1.54) is 17.5 Å². The van der Waals surface area contributed by atoms with Crippen molar-refractivity contribution in [2.45, 2.75) is 57.3 Å². The van der Waals surface area contributed by atoms with Crippen molar-refractivity contribution in [3.05, 3.63) is 41.0 Å². The third kappa shape index (κ3) is 3.70. The monoisotopic (exact) mass is 343 g/mol. The van der Waals surface area contributed by atoms with Gasteiger partial charge in [-0.3, -0.25) is 0 Å². The number of rotatable bonds is 5. The highest BCUT2D eigenvalue weighted by atomic mass is 16.5. The van der Waals surface area contributed by atoms with Crippen LogP contribution in [-0.4, -0.2) is 35.9 Å². The van der Waals surface area contributed by atoms with Crippen molar-refractivity contribution in [1.82, 2.24) is 15.5 Å². The zero-order valence-electron chi connectivity index (χ0n) is 14.8. The Balaban J connectivity index is 1.29.